The van der Waals surface area contributed by atoms with Crippen LogP contribution in [0.5, 0.6) is 0 Å². The SMILES string of the molecule is CC1SCCN(C(CN)c2ccccc2)C1C. The van der Waals surface area contributed by atoms with Gasteiger partial charge in [0.15, 0.2) is 0 Å². The molecule has 0 bridgehead atoms. The van der Waals surface area contributed by atoms with Crippen molar-refractivity contribution in [3.63, 3.8) is 0 Å². The van der Waals surface area contributed by atoms with Gasteiger partial charge in [0, 0.05) is 36.2 Å². The van der Waals surface area contributed by atoms with Crippen LogP contribution in [0.4, 0.5) is 0 Å². The molecule has 2 N–H and O–H groups in total. The van der Waals surface area contributed by atoms with Gasteiger partial charge in [0.2, 0.25) is 0 Å². The maximum atomic E-state index is 5.99. The van der Waals surface area contributed by atoms with E-state index < -0.39 is 0 Å². The lowest BCUT2D eigenvalue weighted by molar-refractivity contribution is 0.150. The lowest BCUT2D eigenvalue weighted by Crippen LogP contribution is -2.48. The topological polar surface area (TPSA) is 29.3 Å². The average molecular weight is 250 g/mol. The van der Waals surface area contributed by atoms with Crippen LogP contribution in [0, 0.1) is 0 Å². The molecule has 1 aliphatic rings. The fourth-order valence-electron chi connectivity index (χ4n) is 2.53. The fraction of sp³-hybridized carbons (Fsp3) is 0.571. The third kappa shape index (κ3) is 2.84. The third-order valence-corrected chi connectivity index (χ3v) is 5.08. The van der Waals surface area contributed by atoms with E-state index in [-0.39, 0.29) is 0 Å². The Morgan fingerprint density at radius 1 is 1.35 bits per heavy atom. The Kier molecular flexibility index (Phi) is 4.48. The van der Waals surface area contributed by atoms with Crippen LogP contribution in [-0.4, -0.2) is 35.0 Å². The van der Waals surface area contributed by atoms with Gasteiger partial charge in [0.25, 0.3) is 0 Å². The summed E-state index contributed by atoms with van der Waals surface area (Å²) in [5.41, 5.74) is 7.34. The summed E-state index contributed by atoms with van der Waals surface area (Å²) in [4.78, 5) is 2.57. The predicted molar refractivity (Wildman–Crippen MR) is 76.3 cm³/mol. The number of hydrogen-bond acceptors (Lipinski definition) is 3. The molecule has 94 valence electrons. The van der Waals surface area contributed by atoms with Crippen LogP contribution in [-0.2, 0) is 0 Å². The monoisotopic (exact) mass is 250 g/mol. The maximum absolute atomic E-state index is 5.99. The van der Waals surface area contributed by atoms with E-state index in [0.29, 0.717) is 23.9 Å². The molecule has 17 heavy (non-hydrogen) atoms. The highest BCUT2D eigenvalue weighted by Crippen LogP contribution is 2.31. The molecule has 3 unspecified atom stereocenters. The number of thioether (sulfide) groups is 1. The van der Waals surface area contributed by atoms with Crippen molar-refractivity contribution in [1.82, 2.24) is 4.90 Å². The Morgan fingerprint density at radius 2 is 2.06 bits per heavy atom. The average Bonchev–Trinajstić information content (AvgIpc) is 2.37. The first-order valence-corrected chi connectivity index (χ1v) is 7.41. The molecule has 0 amide bonds. The van der Waals surface area contributed by atoms with Crippen LogP contribution < -0.4 is 5.73 Å². The van der Waals surface area contributed by atoms with E-state index in [9.17, 15) is 0 Å². The first-order chi connectivity index (χ1) is 8.24. The molecule has 0 aliphatic carbocycles. The number of benzene rings is 1. The summed E-state index contributed by atoms with van der Waals surface area (Å²) in [6.07, 6.45) is 0. The van der Waals surface area contributed by atoms with Gasteiger partial charge in [-0.1, -0.05) is 37.3 Å². The number of nitrogens with two attached hydrogens (primary N) is 1. The normalized spacial score (nSPS) is 27.9. The third-order valence-electron chi connectivity index (χ3n) is 3.74. The zero-order valence-electron chi connectivity index (χ0n) is 10.7. The molecule has 0 radical (unpaired) electrons. The van der Waals surface area contributed by atoms with Crippen molar-refractivity contribution in [1.29, 1.82) is 0 Å². The Morgan fingerprint density at radius 3 is 2.71 bits per heavy atom. The number of rotatable bonds is 3. The highest BCUT2D eigenvalue weighted by molar-refractivity contribution is 8.00. The second kappa shape index (κ2) is 5.89. The fourth-order valence-corrected chi connectivity index (χ4v) is 3.66. The minimum atomic E-state index is 0.370. The molecule has 1 aliphatic heterocycles. The first-order valence-electron chi connectivity index (χ1n) is 6.36. The molecule has 2 nitrogen and oxygen atoms in total. The van der Waals surface area contributed by atoms with Crippen LogP contribution in [0.3, 0.4) is 0 Å². The summed E-state index contributed by atoms with van der Waals surface area (Å²) in [6.45, 7) is 6.49. The van der Waals surface area contributed by atoms with Crippen molar-refractivity contribution in [2.75, 3.05) is 18.8 Å². The lowest BCUT2D eigenvalue weighted by atomic mass is 10.0. The van der Waals surface area contributed by atoms with Crippen molar-refractivity contribution < 1.29 is 0 Å². The van der Waals surface area contributed by atoms with E-state index in [1.807, 2.05) is 0 Å². The van der Waals surface area contributed by atoms with Crippen LogP contribution in [0.1, 0.15) is 25.5 Å². The second-order valence-electron chi connectivity index (χ2n) is 4.72. The van der Waals surface area contributed by atoms with E-state index in [4.69, 9.17) is 5.73 Å². The molecular formula is C14H22N2S. The molecular weight excluding hydrogens is 228 g/mol. The van der Waals surface area contributed by atoms with Gasteiger partial charge in [0.1, 0.15) is 0 Å². The summed E-state index contributed by atoms with van der Waals surface area (Å²) in [7, 11) is 0. The van der Waals surface area contributed by atoms with Gasteiger partial charge in [0.05, 0.1) is 0 Å². The minimum Gasteiger partial charge on any atom is -0.329 e. The maximum Gasteiger partial charge on any atom is 0.0474 e. The van der Waals surface area contributed by atoms with Crippen molar-refractivity contribution in [2.45, 2.75) is 31.2 Å². The van der Waals surface area contributed by atoms with E-state index in [0.717, 1.165) is 6.54 Å². The lowest BCUT2D eigenvalue weighted by Gasteiger charge is -2.42. The Bertz CT molecular complexity index is 341. The van der Waals surface area contributed by atoms with E-state index >= 15 is 0 Å². The van der Waals surface area contributed by atoms with E-state index in [2.05, 4.69) is 60.8 Å². The van der Waals surface area contributed by atoms with Crippen LogP contribution in [0.15, 0.2) is 30.3 Å². The largest absolute Gasteiger partial charge is 0.329 e. The molecule has 1 fully saturated rings. The molecule has 3 atom stereocenters. The van der Waals surface area contributed by atoms with E-state index in [1.165, 1.54) is 11.3 Å². The highest BCUT2D eigenvalue weighted by Gasteiger charge is 2.30. The van der Waals surface area contributed by atoms with Crippen molar-refractivity contribution in [3.05, 3.63) is 35.9 Å². The van der Waals surface area contributed by atoms with Gasteiger partial charge >= 0.3 is 0 Å². The summed E-state index contributed by atoms with van der Waals surface area (Å²) in [6, 6.07) is 11.6. The highest BCUT2D eigenvalue weighted by atomic mass is 32.2. The van der Waals surface area contributed by atoms with Crippen LogP contribution >= 0.6 is 11.8 Å². The van der Waals surface area contributed by atoms with Gasteiger partial charge < -0.3 is 5.73 Å². The molecule has 1 heterocycles. The molecule has 1 aromatic rings. The van der Waals surface area contributed by atoms with Crippen LogP contribution in [0.2, 0.25) is 0 Å². The Labute approximate surface area is 109 Å². The predicted octanol–water partition coefficient (Wildman–Crippen LogP) is 2.51. The Balaban J connectivity index is 2.18. The smallest absolute Gasteiger partial charge is 0.0474 e. The summed E-state index contributed by atoms with van der Waals surface area (Å²) in [5, 5.41) is 0.696. The molecule has 1 saturated heterocycles. The number of nitrogens with zero attached hydrogens (tertiary/aromatic N) is 1. The standard InChI is InChI=1S/C14H22N2S/c1-11-12(2)17-9-8-16(11)14(10-15)13-6-4-3-5-7-13/h3-7,11-12,14H,8-10,15H2,1-2H3. The zero-order chi connectivity index (χ0) is 12.3. The molecule has 1 aromatic carbocycles. The second-order valence-corrected chi connectivity index (χ2v) is 6.20. The first kappa shape index (κ1) is 12.9. The minimum absolute atomic E-state index is 0.370. The molecule has 0 saturated carbocycles. The van der Waals surface area contributed by atoms with Gasteiger partial charge in [-0.2, -0.15) is 11.8 Å². The van der Waals surface area contributed by atoms with Gasteiger partial charge in [-0.05, 0) is 12.5 Å². The van der Waals surface area contributed by atoms with Crippen molar-refractivity contribution in [2.24, 2.45) is 5.73 Å². The van der Waals surface area contributed by atoms with Gasteiger partial charge in [-0.3, -0.25) is 4.90 Å². The van der Waals surface area contributed by atoms with Gasteiger partial charge in [-0.15, -0.1) is 0 Å². The summed E-state index contributed by atoms with van der Waals surface area (Å²) >= 11 is 2.07. The molecule has 0 aromatic heterocycles. The summed E-state index contributed by atoms with van der Waals surface area (Å²) in [5.74, 6) is 1.22. The van der Waals surface area contributed by atoms with E-state index in [1.54, 1.807) is 0 Å². The van der Waals surface area contributed by atoms with Crippen LogP contribution in [0.25, 0.3) is 0 Å². The molecule has 0 spiro atoms. The number of hydrogen-bond donors (Lipinski definition) is 1. The summed E-state index contributed by atoms with van der Waals surface area (Å²) < 4.78 is 0. The molecule has 3 heteroatoms. The van der Waals surface area contributed by atoms with Gasteiger partial charge in [-0.25, -0.2) is 0 Å². The van der Waals surface area contributed by atoms with Crippen molar-refractivity contribution >= 4 is 11.8 Å². The molecule has 2 rings (SSSR count). The Hall–Kier alpha value is -0.510. The quantitative estimate of drug-likeness (QED) is 0.894. The van der Waals surface area contributed by atoms with Crippen molar-refractivity contribution in [3.8, 4) is 0 Å². The zero-order valence-corrected chi connectivity index (χ0v) is 11.5.